The molecule has 0 saturated heterocycles. The summed E-state index contributed by atoms with van der Waals surface area (Å²) < 4.78 is 16.9. The van der Waals surface area contributed by atoms with Crippen LogP contribution in [0.2, 0.25) is 0 Å². The Morgan fingerprint density at radius 3 is 2.69 bits per heavy atom. The molecule has 0 aliphatic rings. The third-order valence-electron chi connectivity index (χ3n) is 3.59. The Morgan fingerprint density at radius 1 is 1.23 bits per heavy atom. The molecule has 5 nitrogen and oxygen atoms in total. The van der Waals surface area contributed by atoms with Gasteiger partial charge in [-0.2, -0.15) is 10.4 Å². The minimum Gasteiger partial charge on any atom is -0.316 e. The minimum atomic E-state index is -0.765. The number of carbonyl (C=O) groups is 1. The maximum Gasteiger partial charge on any atom is 0.274 e. The normalized spacial score (nSPS) is 10.7. The van der Waals surface area contributed by atoms with Gasteiger partial charge in [-0.15, -0.1) is 0 Å². The number of nitrogens with zero attached hydrogens (tertiary/aromatic N) is 3. The van der Waals surface area contributed by atoms with Crippen molar-refractivity contribution in [2.24, 2.45) is 5.10 Å². The maximum atomic E-state index is 13.8. The van der Waals surface area contributed by atoms with Gasteiger partial charge in [-0.25, -0.2) is 9.82 Å². The summed E-state index contributed by atoms with van der Waals surface area (Å²) in [5.41, 5.74) is 3.99. The molecule has 2 aromatic carbocycles. The largest absolute Gasteiger partial charge is 0.316 e. The maximum absolute atomic E-state index is 13.8. The predicted molar refractivity (Wildman–Crippen MR) is 105 cm³/mol. The summed E-state index contributed by atoms with van der Waals surface area (Å²) in [7, 11) is 0. The average Bonchev–Trinajstić information content (AvgIpc) is 3.10. The van der Waals surface area contributed by atoms with Gasteiger partial charge in [0.2, 0.25) is 0 Å². The fourth-order valence-corrected chi connectivity index (χ4v) is 2.68. The number of hydrogen-bond donors (Lipinski definition) is 1. The van der Waals surface area contributed by atoms with Crippen LogP contribution in [-0.2, 0) is 0 Å². The molecule has 0 aliphatic heterocycles. The second-order valence-electron chi connectivity index (χ2n) is 5.29. The molecule has 1 amide bonds. The molecule has 0 fully saturated rings. The highest BCUT2D eigenvalue weighted by molar-refractivity contribution is 14.1. The quantitative estimate of drug-likeness (QED) is 0.367. The molecule has 0 unspecified atom stereocenters. The number of nitrogens with one attached hydrogen (secondary N) is 1. The van der Waals surface area contributed by atoms with E-state index in [1.165, 1.54) is 18.3 Å². The zero-order valence-electron chi connectivity index (χ0n) is 13.4. The van der Waals surface area contributed by atoms with Crippen molar-refractivity contribution in [2.45, 2.75) is 0 Å². The molecule has 7 heteroatoms. The van der Waals surface area contributed by atoms with Gasteiger partial charge < -0.3 is 4.57 Å². The van der Waals surface area contributed by atoms with Crippen LogP contribution in [0.15, 0.2) is 65.9 Å². The first kappa shape index (κ1) is 17.8. The van der Waals surface area contributed by atoms with Crippen LogP contribution < -0.4 is 5.43 Å². The first-order chi connectivity index (χ1) is 12.6. The fraction of sp³-hybridized carbons (Fsp3) is 0. The van der Waals surface area contributed by atoms with Crippen molar-refractivity contribution >= 4 is 34.7 Å². The van der Waals surface area contributed by atoms with Crippen molar-refractivity contribution in [1.82, 2.24) is 9.99 Å². The smallest absolute Gasteiger partial charge is 0.274 e. The lowest BCUT2D eigenvalue weighted by Gasteiger charge is -2.06. The van der Waals surface area contributed by atoms with Gasteiger partial charge in [0.1, 0.15) is 5.82 Å². The SMILES string of the molecule is N#Cc1ccc(C(=O)N/N=C\c2cccn2-c2ccc(I)cc2)c(F)c1. The summed E-state index contributed by atoms with van der Waals surface area (Å²) in [5, 5.41) is 12.6. The second-order valence-corrected chi connectivity index (χ2v) is 6.53. The first-order valence-electron chi connectivity index (χ1n) is 7.55. The van der Waals surface area contributed by atoms with Crippen LogP contribution in [0.1, 0.15) is 21.6 Å². The molecule has 128 valence electrons. The zero-order valence-corrected chi connectivity index (χ0v) is 15.5. The third kappa shape index (κ3) is 3.97. The molecule has 1 aromatic heterocycles. The standard InChI is InChI=1S/C19H12FIN4O/c20-18-10-13(11-22)3-8-17(18)19(26)24-23-12-16-2-1-9-25(16)15-6-4-14(21)5-7-15/h1-10,12H,(H,24,26)/b23-12-. The summed E-state index contributed by atoms with van der Waals surface area (Å²) in [4.78, 5) is 12.0. The van der Waals surface area contributed by atoms with Gasteiger partial charge in [0.15, 0.2) is 0 Å². The number of rotatable bonds is 4. The summed E-state index contributed by atoms with van der Waals surface area (Å²) in [5.74, 6) is -1.45. The van der Waals surface area contributed by atoms with Crippen molar-refractivity contribution in [2.75, 3.05) is 0 Å². The topological polar surface area (TPSA) is 70.2 Å². The number of aromatic nitrogens is 1. The summed E-state index contributed by atoms with van der Waals surface area (Å²) in [6.07, 6.45) is 3.36. The number of carbonyl (C=O) groups excluding carboxylic acids is 1. The van der Waals surface area contributed by atoms with Gasteiger partial charge >= 0.3 is 0 Å². The lowest BCUT2D eigenvalue weighted by molar-refractivity contribution is 0.0951. The number of benzene rings is 2. The molecule has 0 saturated carbocycles. The Hall–Kier alpha value is -2.99. The molecule has 0 spiro atoms. The first-order valence-corrected chi connectivity index (χ1v) is 8.63. The molecule has 1 heterocycles. The third-order valence-corrected chi connectivity index (χ3v) is 4.31. The van der Waals surface area contributed by atoms with Crippen LogP contribution >= 0.6 is 22.6 Å². The molecular formula is C19H12FIN4O. The highest BCUT2D eigenvalue weighted by Gasteiger charge is 2.11. The Bertz CT molecular complexity index is 1020. The van der Waals surface area contributed by atoms with Gasteiger partial charge in [0.05, 0.1) is 29.1 Å². The molecule has 0 aliphatic carbocycles. The van der Waals surface area contributed by atoms with Gasteiger partial charge in [0.25, 0.3) is 5.91 Å². The van der Waals surface area contributed by atoms with Gasteiger partial charge in [-0.05, 0) is 77.2 Å². The van der Waals surface area contributed by atoms with E-state index in [-0.39, 0.29) is 11.1 Å². The van der Waals surface area contributed by atoms with Gasteiger partial charge in [-0.3, -0.25) is 4.79 Å². The van der Waals surface area contributed by atoms with E-state index < -0.39 is 11.7 Å². The summed E-state index contributed by atoms with van der Waals surface area (Å²) in [6, 6.07) is 17.1. The van der Waals surface area contributed by atoms with Gasteiger partial charge in [0, 0.05) is 15.5 Å². The molecule has 0 radical (unpaired) electrons. The highest BCUT2D eigenvalue weighted by atomic mass is 127. The zero-order chi connectivity index (χ0) is 18.5. The van der Waals surface area contributed by atoms with Crippen LogP contribution in [0.4, 0.5) is 4.39 Å². The summed E-state index contributed by atoms with van der Waals surface area (Å²) in [6.45, 7) is 0. The van der Waals surface area contributed by atoms with E-state index >= 15 is 0 Å². The lowest BCUT2D eigenvalue weighted by atomic mass is 10.1. The Morgan fingerprint density at radius 2 is 2.00 bits per heavy atom. The number of nitriles is 1. The van der Waals surface area contributed by atoms with E-state index in [2.05, 4.69) is 33.1 Å². The van der Waals surface area contributed by atoms with Crippen LogP contribution in [0.25, 0.3) is 5.69 Å². The van der Waals surface area contributed by atoms with E-state index in [4.69, 9.17) is 5.26 Å². The number of halogens is 2. The molecule has 0 atom stereocenters. The van der Waals surface area contributed by atoms with Crippen LogP contribution in [-0.4, -0.2) is 16.7 Å². The van der Waals surface area contributed by atoms with Crippen LogP contribution in [0.3, 0.4) is 0 Å². The van der Waals surface area contributed by atoms with E-state index in [0.717, 1.165) is 21.0 Å². The predicted octanol–water partition coefficient (Wildman–Crippen LogP) is 3.86. The van der Waals surface area contributed by atoms with Crippen molar-refractivity contribution in [1.29, 1.82) is 5.26 Å². The van der Waals surface area contributed by atoms with Crippen molar-refractivity contribution in [3.05, 3.63) is 87.0 Å². The molecule has 0 bridgehead atoms. The van der Waals surface area contributed by atoms with Crippen molar-refractivity contribution < 1.29 is 9.18 Å². The second kappa shape index (κ2) is 7.93. The molecule has 1 N–H and O–H groups in total. The highest BCUT2D eigenvalue weighted by Crippen LogP contribution is 2.14. The summed E-state index contributed by atoms with van der Waals surface area (Å²) >= 11 is 2.23. The van der Waals surface area contributed by atoms with Gasteiger partial charge in [-0.1, -0.05) is 0 Å². The molecule has 3 rings (SSSR count). The number of hydrogen-bond acceptors (Lipinski definition) is 3. The molecule has 26 heavy (non-hydrogen) atoms. The number of hydrazone groups is 1. The van der Waals surface area contributed by atoms with Crippen molar-refractivity contribution in [3.63, 3.8) is 0 Å². The molecular weight excluding hydrogens is 446 g/mol. The van der Waals surface area contributed by atoms with E-state index in [0.29, 0.717) is 0 Å². The Kier molecular flexibility index (Phi) is 5.43. The van der Waals surface area contributed by atoms with E-state index in [1.807, 2.05) is 53.2 Å². The van der Waals surface area contributed by atoms with E-state index in [9.17, 15) is 9.18 Å². The Labute approximate surface area is 162 Å². The fourth-order valence-electron chi connectivity index (χ4n) is 2.32. The minimum absolute atomic E-state index is 0.151. The van der Waals surface area contributed by atoms with E-state index in [1.54, 1.807) is 0 Å². The van der Waals surface area contributed by atoms with Crippen LogP contribution in [0.5, 0.6) is 0 Å². The van der Waals surface area contributed by atoms with Crippen molar-refractivity contribution in [3.8, 4) is 11.8 Å². The number of amides is 1. The lowest BCUT2D eigenvalue weighted by Crippen LogP contribution is -2.19. The molecule has 3 aromatic rings. The average molecular weight is 458 g/mol. The Balaban J connectivity index is 1.74. The van der Waals surface area contributed by atoms with Crippen LogP contribution in [0, 0.1) is 20.7 Å². The monoisotopic (exact) mass is 458 g/mol.